The van der Waals surface area contributed by atoms with E-state index >= 15 is 0 Å². The van der Waals surface area contributed by atoms with Gasteiger partial charge in [-0.15, -0.1) is 0 Å². The number of fused-ring (bicyclic) bond motifs is 1. The Balaban J connectivity index is 2.56. The third-order valence-electron chi connectivity index (χ3n) is 3.37. The maximum atomic E-state index is 6.37. The van der Waals surface area contributed by atoms with Crippen molar-refractivity contribution in [2.24, 2.45) is 12.8 Å². The van der Waals surface area contributed by atoms with Gasteiger partial charge in [0, 0.05) is 13.1 Å². The fourth-order valence-corrected chi connectivity index (χ4v) is 2.45. The van der Waals surface area contributed by atoms with Gasteiger partial charge in [0.15, 0.2) is 0 Å². The van der Waals surface area contributed by atoms with Crippen molar-refractivity contribution in [1.82, 2.24) is 9.55 Å². The molecule has 0 radical (unpaired) electrons. The molecule has 2 aromatic rings. The highest BCUT2D eigenvalue weighted by molar-refractivity contribution is 5.78. The molecule has 98 valence electrons. The number of ether oxygens (including phenoxy) is 1. The molecule has 0 spiro atoms. The van der Waals surface area contributed by atoms with Gasteiger partial charge in [0.2, 0.25) is 0 Å². The molecule has 0 saturated carbocycles. The van der Waals surface area contributed by atoms with E-state index in [4.69, 9.17) is 10.5 Å². The first kappa shape index (κ1) is 12.9. The molecule has 0 fully saturated rings. The Morgan fingerprint density at radius 3 is 2.78 bits per heavy atom. The molecule has 2 N–H and O–H groups in total. The summed E-state index contributed by atoms with van der Waals surface area (Å²) in [7, 11) is 3.67. The van der Waals surface area contributed by atoms with E-state index in [1.165, 1.54) is 0 Å². The Morgan fingerprint density at radius 1 is 1.44 bits per heavy atom. The Morgan fingerprint density at radius 2 is 2.17 bits per heavy atom. The largest absolute Gasteiger partial charge is 0.497 e. The van der Waals surface area contributed by atoms with Crippen molar-refractivity contribution in [1.29, 1.82) is 0 Å². The fraction of sp³-hybridized carbons (Fsp3) is 0.500. The zero-order valence-corrected chi connectivity index (χ0v) is 11.5. The SMILES string of the molecule is CCCC(C)(N)c1nc2cc(OC)ccc2n1C. The van der Waals surface area contributed by atoms with Crippen molar-refractivity contribution in [3.63, 3.8) is 0 Å². The highest BCUT2D eigenvalue weighted by atomic mass is 16.5. The smallest absolute Gasteiger partial charge is 0.129 e. The lowest BCUT2D eigenvalue weighted by Crippen LogP contribution is -2.35. The van der Waals surface area contributed by atoms with Gasteiger partial charge in [0.25, 0.3) is 0 Å². The maximum absolute atomic E-state index is 6.37. The third kappa shape index (κ3) is 2.08. The minimum absolute atomic E-state index is 0.393. The van der Waals surface area contributed by atoms with E-state index in [0.29, 0.717) is 0 Å². The molecule has 0 saturated heterocycles. The topological polar surface area (TPSA) is 53.1 Å². The summed E-state index contributed by atoms with van der Waals surface area (Å²) in [5.41, 5.74) is 7.99. The minimum Gasteiger partial charge on any atom is -0.497 e. The lowest BCUT2D eigenvalue weighted by atomic mass is 9.97. The lowest BCUT2D eigenvalue weighted by Gasteiger charge is -2.23. The molecular formula is C14H21N3O. The summed E-state index contributed by atoms with van der Waals surface area (Å²) in [6.07, 6.45) is 1.96. The monoisotopic (exact) mass is 247 g/mol. The number of benzene rings is 1. The van der Waals surface area contributed by atoms with Gasteiger partial charge in [-0.3, -0.25) is 0 Å². The number of rotatable bonds is 4. The first-order chi connectivity index (χ1) is 8.49. The van der Waals surface area contributed by atoms with Crippen LogP contribution in [0.2, 0.25) is 0 Å². The van der Waals surface area contributed by atoms with Crippen LogP contribution in [0.25, 0.3) is 11.0 Å². The van der Waals surface area contributed by atoms with Gasteiger partial charge in [0.1, 0.15) is 11.6 Å². The van der Waals surface area contributed by atoms with Crippen LogP contribution in [-0.4, -0.2) is 16.7 Å². The highest BCUT2D eigenvalue weighted by Crippen LogP contribution is 2.27. The van der Waals surface area contributed by atoms with Gasteiger partial charge < -0.3 is 15.0 Å². The number of hydrogen-bond acceptors (Lipinski definition) is 3. The number of nitrogens with two attached hydrogens (primary N) is 1. The molecule has 4 heteroatoms. The second-order valence-corrected chi connectivity index (χ2v) is 5.02. The van der Waals surface area contributed by atoms with Crippen molar-refractivity contribution in [3.05, 3.63) is 24.0 Å². The Hall–Kier alpha value is -1.55. The first-order valence-electron chi connectivity index (χ1n) is 6.29. The van der Waals surface area contributed by atoms with Crippen LogP contribution in [0.3, 0.4) is 0 Å². The van der Waals surface area contributed by atoms with Gasteiger partial charge in [0.05, 0.1) is 23.7 Å². The average Bonchev–Trinajstić information content (AvgIpc) is 2.67. The minimum atomic E-state index is -0.393. The van der Waals surface area contributed by atoms with Crippen LogP contribution in [0.15, 0.2) is 18.2 Å². The van der Waals surface area contributed by atoms with Crippen molar-refractivity contribution >= 4 is 11.0 Å². The fourth-order valence-electron chi connectivity index (χ4n) is 2.45. The van der Waals surface area contributed by atoms with E-state index in [-0.39, 0.29) is 0 Å². The van der Waals surface area contributed by atoms with E-state index in [2.05, 4.69) is 16.5 Å². The molecule has 4 nitrogen and oxygen atoms in total. The van der Waals surface area contributed by atoms with Gasteiger partial charge in [-0.2, -0.15) is 0 Å². The number of hydrogen-bond donors (Lipinski definition) is 1. The quantitative estimate of drug-likeness (QED) is 0.903. The van der Waals surface area contributed by atoms with Crippen LogP contribution >= 0.6 is 0 Å². The zero-order valence-electron chi connectivity index (χ0n) is 11.5. The van der Waals surface area contributed by atoms with Gasteiger partial charge in [-0.05, 0) is 25.5 Å². The lowest BCUT2D eigenvalue weighted by molar-refractivity contribution is 0.410. The van der Waals surface area contributed by atoms with Gasteiger partial charge in [-0.25, -0.2) is 4.98 Å². The predicted molar refractivity (Wildman–Crippen MR) is 73.7 cm³/mol. The van der Waals surface area contributed by atoms with Crippen LogP contribution in [-0.2, 0) is 12.6 Å². The Kier molecular flexibility index (Phi) is 3.30. The van der Waals surface area contributed by atoms with Crippen molar-refractivity contribution < 1.29 is 4.74 Å². The van der Waals surface area contributed by atoms with E-state index in [1.54, 1.807) is 7.11 Å². The highest BCUT2D eigenvalue weighted by Gasteiger charge is 2.26. The molecule has 0 aliphatic rings. The molecule has 1 unspecified atom stereocenters. The third-order valence-corrected chi connectivity index (χ3v) is 3.37. The second-order valence-electron chi connectivity index (χ2n) is 5.02. The predicted octanol–water partition coefficient (Wildman–Crippen LogP) is 2.56. The number of imidazole rings is 1. The number of aryl methyl sites for hydroxylation is 1. The molecule has 0 bridgehead atoms. The van der Waals surface area contributed by atoms with Gasteiger partial charge in [-0.1, -0.05) is 13.3 Å². The molecule has 1 aromatic heterocycles. The summed E-state index contributed by atoms with van der Waals surface area (Å²) in [5.74, 6) is 1.74. The summed E-state index contributed by atoms with van der Waals surface area (Å²) in [4.78, 5) is 4.67. The zero-order chi connectivity index (χ0) is 13.3. The van der Waals surface area contributed by atoms with Crippen LogP contribution in [0.4, 0.5) is 0 Å². The van der Waals surface area contributed by atoms with Crippen LogP contribution in [0.5, 0.6) is 5.75 Å². The van der Waals surface area contributed by atoms with Crippen LogP contribution in [0, 0.1) is 0 Å². The summed E-state index contributed by atoms with van der Waals surface area (Å²) < 4.78 is 7.30. The van der Waals surface area contributed by atoms with E-state index < -0.39 is 5.54 Å². The Bertz CT molecular complexity index is 557. The van der Waals surface area contributed by atoms with Gasteiger partial charge >= 0.3 is 0 Å². The summed E-state index contributed by atoms with van der Waals surface area (Å²) in [6.45, 7) is 4.17. The average molecular weight is 247 g/mol. The molecule has 1 aromatic carbocycles. The molecule has 1 atom stereocenters. The number of methoxy groups -OCH3 is 1. The molecule has 1 heterocycles. The number of nitrogens with zero attached hydrogens (tertiary/aromatic N) is 2. The normalized spacial score (nSPS) is 14.7. The number of aromatic nitrogens is 2. The molecule has 0 aliphatic heterocycles. The van der Waals surface area contributed by atoms with E-state index in [1.807, 2.05) is 32.2 Å². The second kappa shape index (κ2) is 4.61. The van der Waals surface area contributed by atoms with Crippen molar-refractivity contribution in [3.8, 4) is 5.75 Å². The van der Waals surface area contributed by atoms with E-state index in [9.17, 15) is 0 Å². The molecule has 0 amide bonds. The van der Waals surface area contributed by atoms with E-state index in [0.717, 1.165) is 35.4 Å². The van der Waals surface area contributed by atoms with Crippen LogP contribution < -0.4 is 10.5 Å². The Labute approximate surface area is 108 Å². The summed E-state index contributed by atoms with van der Waals surface area (Å²) in [6, 6.07) is 5.91. The molecule has 2 rings (SSSR count). The van der Waals surface area contributed by atoms with Crippen molar-refractivity contribution in [2.75, 3.05) is 7.11 Å². The summed E-state index contributed by atoms with van der Waals surface area (Å²) >= 11 is 0. The van der Waals surface area contributed by atoms with Crippen LogP contribution in [0.1, 0.15) is 32.5 Å². The molecule has 18 heavy (non-hydrogen) atoms. The standard InChI is InChI=1S/C14H21N3O/c1-5-8-14(2,15)13-16-11-9-10(18-4)6-7-12(11)17(13)3/h6-7,9H,5,8,15H2,1-4H3. The molecular weight excluding hydrogens is 226 g/mol. The first-order valence-corrected chi connectivity index (χ1v) is 6.29. The maximum Gasteiger partial charge on any atom is 0.129 e. The summed E-state index contributed by atoms with van der Waals surface area (Å²) in [5, 5.41) is 0. The molecule has 0 aliphatic carbocycles. The van der Waals surface area contributed by atoms with Crippen molar-refractivity contribution in [2.45, 2.75) is 32.2 Å².